The van der Waals surface area contributed by atoms with Crippen LogP contribution in [0.4, 0.5) is 5.69 Å². The standard InChI is InChI=1S/C30H27NO7/c1-3-37-30(35)18-9-12-22(13-10-18)31-26(20-6-4-8-23(17-20)36-2)25(28(33)29(31)34)27(32)21-11-14-24-19(16-21)7-5-15-38-24/h4,6,8-14,16-17,26,32H,3,5,7,15H2,1-2H3/b27-25-. The lowest BCUT2D eigenvalue weighted by molar-refractivity contribution is -0.132. The first-order valence-electron chi connectivity index (χ1n) is 12.4. The highest BCUT2D eigenvalue weighted by atomic mass is 16.5. The Morgan fingerprint density at radius 3 is 2.55 bits per heavy atom. The molecule has 0 spiro atoms. The number of ketones is 1. The molecule has 38 heavy (non-hydrogen) atoms. The number of methoxy groups -OCH3 is 1. The highest BCUT2D eigenvalue weighted by molar-refractivity contribution is 6.51. The summed E-state index contributed by atoms with van der Waals surface area (Å²) in [6, 6.07) is 17.6. The molecular weight excluding hydrogens is 486 g/mol. The lowest BCUT2D eigenvalue weighted by Crippen LogP contribution is -2.29. The van der Waals surface area contributed by atoms with Crippen LogP contribution in [0, 0.1) is 0 Å². The fourth-order valence-electron chi connectivity index (χ4n) is 4.86. The molecule has 1 amide bonds. The second kappa shape index (κ2) is 10.4. The minimum Gasteiger partial charge on any atom is -0.507 e. The first-order valence-corrected chi connectivity index (χ1v) is 12.4. The SMILES string of the molecule is CCOC(=O)c1ccc(N2C(=O)C(=O)/C(=C(\O)c3ccc4c(c3)CCCO4)C2c2cccc(OC)c2)cc1. The molecule has 0 radical (unpaired) electrons. The van der Waals surface area contributed by atoms with Gasteiger partial charge in [-0.2, -0.15) is 0 Å². The Kier molecular flexibility index (Phi) is 6.87. The number of hydrogen-bond donors (Lipinski definition) is 1. The molecule has 2 heterocycles. The topological polar surface area (TPSA) is 102 Å². The van der Waals surface area contributed by atoms with Gasteiger partial charge in [0.15, 0.2) is 0 Å². The van der Waals surface area contributed by atoms with Crippen molar-refractivity contribution in [2.24, 2.45) is 0 Å². The number of Topliss-reactive ketones (excluding diaryl/α,β-unsaturated/α-hetero) is 1. The highest BCUT2D eigenvalue weighted by Gasteiger charge is 2.47. The van der Waals surface area contributed by atoms with E-state index in [-0.39, 0.29) is 17.9 Å². The van der Waals surface area contributed by atoms with Gasteiger partial charge in [0.05, 0.1) is 37.5 Å². The Hall–Kier alpha value is -4.59. The summed E-state index contributed by atoms with van der Waals surface area (Å²) in [6.45, 7) is 2.59. The van der Waals surface area contributed by atoms with Crippen LogP contribution in [0.5, 0.6) is 11.5 Å². The van der Waals surface area contributed by atoms with Crippen molar-refractivity contribution in [3.05, 3.63) is 94.6 Å². The number of carbonyl (C=O) groups excluding carboxylic acids is 3. The van der Waals surface area contributed by atoms with E-state index >= 15 is 0 Å². The maximum atomic E-state index is 13.5. The number of fused-ring (bicyclic) bond motifs is 1. The zero-order valence-electron chi connectivity index (χ0n) is 21.1. The molecule has 0 aliphatic carbocycles. The Morgan fingerprint density at radius 1 is 1.05 bits per heavy atom. The summed E-state index contributed by atoms with van der Waals surface area (Å²) in [5.74, 6) is -1.06. The Labute approximate surface area is 220 Å². The number of benzene rings is 3. The second-order valence-electron chi connectivity index (χ2n) is 8.99. The quantitative estimate of drug-likeness (QED) is 0.218. The molecule has 1 saturated heterocycles. The average molecular weight is 514 g/mol. The van der Waals surface area contributed by atoms with Crippen molar-refractivity contribution in [1.82, 2.24) is 0 Å². The van der Waals surface area contributed by atoms with Crippen molar-refractivity contribution in [1.29, 1.82) is 0 Å². The predicted molar refractivity (Wildman–Crippen MR) is 140 cm³/mol. The number of aliphatic hydroxyl groups excluding tert-OH is 1. The van der Waals surface area contributed by atoms with Crippen molar-refractivity contribution < 1.29 is 33.7 Å². The highest BCUT2D eigenvalue weighted by Crippen LogP contribution is 2.43. The van der Waals surface area contributed by atoms with E-state index < -0.39 is 23.7 Å². The van der Waals surface area contributed by atoms with Gasteiger partial charge in [-0.1, -0.05) is 12.1 Å². The zero-order chi connectivity index (χ0) is 26.8. The van der Waals surface area contributed by atoms with Gasteiger partial charge in [-0.25, -0.2) is 4.79 Å². The molecule has 1 atom stereocenters. The minimum absolute atomic E-state index is 0.0330. The van der Waals surface area contributed by atoms with Gasteiger partial charge in [-0.15, -0.1) is 0 Å². The van der Waals surface area contributed by atoms with Gasteiger partial charge < -0.3 is 19.3 Å². The molecule has 8 heteroatoms. The summed E-state index contributed by atoms with van der Waals surface area (Å²) in [7, 11) is 1.53. The number of ether oxygens (including phenoxy) is 3. The third kappa shape index (κ3) is 4.49. The van der Waals surface area contributed by atoms with E-state index in [1.54, 1.807) is 73.7 Å². The molecule has 0 aromatic heterocycles. The molecule has 3 aromatic rings. The normalized spacial score (nSPS) is 18.1. The number of nitrogens with zero attached hydrogens (tertiary/aromatic N) is 1. The van der Waals surface area contributed by atoms with E-state index in [1.165, 1.54) is 12.0 Å². The molecule has 2 aliphatic heterocycles. The van der Waals surface area contributed by atoms with Crippen LogP contribution in [-0.4, -0.2) is 43.1 Å². The molecule has 0 saturated carbocycles. The van der Waals surface area contributed by atoms with Crippen LogP contribution in [0.3, 0.4) is 0 Å². The van der Waals surface area contributed by atoms with Gasteiger partial charge in [-0.3, -0.25) is 14.5 Å². The maximum absolute atomic E-state index is 13.5. The molecule has 1 unspecified atom stereocenters. The van der Waals surface area contributed by atoms with E-state index in [9.17, 15) is 19.5 Å². The second-order valence-corrected chi connectivity index (χ2v) is 8.99. The van der Waals surface area contributed by atoms with Crippen LogP contribution in [0.1, 0.15) is 46.4 Å². The lowest BCUT2D eigenvalue weighted by Gasteiger charge is -2.26. The number of amides is 1. The van der Waals surface area contributed by atoms with Crippen molar-refractivity contribution in [3.8, 4) is 11.5 Å². The van der Waals surface area contributed by atoms with Gasteiger partial charge in [0, 0.05) is 11.3 Å². The number of aryl methyl sites for hydroxylation is 1. The van der Waals surface area contributed by atoms with Crippen molar-refractivity contribution >= 4 is 29.1 Å². The summed E-state index contributed by atoms with van der Waals surface area (Å²) in [4.78, 5) is 40.3. The predicted octanol–water partition coefficient (Wildman–Crippen LogP) is 4.82. The van der Waals surface area contributed by atoms with Gasteiger partial charge in [-0.05, 0) is 85.5 Å². The van der Waals surface area contributed by atoms with Crippen LogP contribution in [0.25, 0.3) is 5.76 Å². The molecule has 8 nitrogen and oxygen atoms in total. The number of anilines is 1. The van der Waals surface area contributed by atoms with Gasteiger partial charge in [0.25, 0.3) is 11.7 Å². The fraction of sp³-hybridized carbons (Fsp3) is 0.233. The lowest BCUT2D eigenvalue weighted by atomic mass is 9.93. The number of rotatable bonds is 6. The summed E-state index contributed by atoms with van der Waals surface area (Å²) in [5, 5.41) is 11.5. The van der Waals surface area contributed by atoms with Crippen LogP contribution >= 0.6 is 0 Å². The van der Waals surface area contributed by atoms with E-state index in [4.69, 9.17) is 14.2 Å². The molecule has 1 fully saturated rings. The third-order valence-corrected chi connectivity index (χ3v) is 6.69. The first kappa shape index (κ1) is 25.1. The minimum atomic E-state index is -0.925. The summed E-state index contributed by atoms with van der Waals surface area (Å²) < 4.78 is 16.1. The Bertz CT molecular complexity index is 1440. The number of hydrogen-bond acceptors (Lipinski definition) is 7. The van der Waals surface area contributed by atoms with E-state index in [0.717, 1.165) is 24.2 Å². The van der Waals surface area contributed by atoms with Gasteiger partial charge in [0.2, 0.25) is 0 Å². The van der Waals surface area contributed by atoms with Crippen LogP contribution in [0.2, 0.25) is 0 Å². The first-order chi connectivity index (χ1) is 18.4. The maximum Gasteiger partial charge on any atom is 0.338 e. The Morgan fingerprint density at radius 2 is 1.82 bits per heavy atom. The third-order valence-electron chi connectivity index (χ3n) is 6.69. The number of esters is 1. The van der Waals surface area contributed by atoms with Crippen LogP contribution in [-0.2, 0) is 20.7 Å². The summed E-state index contributed by atoms with van der Waals surface area (Å²) >= 11 is 0. The molecular formula is C30H27NO7. The fourth-order valence-corrected chi connectivity index (χ4v) is 4.86. The van der Waals surface area contributed by atoms with E-state index in [2.05, 4.69) is 0 Å². The molecule has 3 aromatic carbocycles. The molecule has 2 aliphatic rings. The van der Waals surface area contributed by atoms with Crippen molar-refractivity contribution in [2.45, 2.75) is 25.8 Å². The molecule has 194 valence electrons. The Balaban J connectivity index is 1.64. The molecule has 1 N–H and O–H groups in total. The zero-order valence-corrected chi connectivity index (χ0v) is 21.1. The van der Waals surface area contributed by atoms with Gasteiger partial charge >= 0.3 is 5.97 Å². The molecule has 5 rings (SSSR count). The number of aliphatic hydroxyl groups is 1. The average Bonchev–Trinajstić information content (AvgIpc) is 3.22. The number of carbonyl (C=O) groups is 3. The van der Waals surface area contributed by atoms with E-state index in [1.807, 2.05) is 0 Å². The smallest absolute Gasteiger partial charge is 0.338 e. The monoisotopic (exact) mass is 513 g/mol. The van der Waals surface area contributed by atoms with Crippen molar-refractivity contribution in [2.75, 3.05) is 25.2 Å². The van der Waals surface area contributed by atoms with Crippen LogP contribution in [0.15, 0.2) is 72.3 Å². The van der Waals surface area contributed by atoms with Gasteiger partial charge in [0.1, 0.15) is 17.3 Å². The summed E-state index contributed by atoms with van der Waals surface area (Å²) in [6.07, 6.45) is 1.64. The summed E-state index contributed by atoms with van der Waals surface area (Å²) in [5.41, 5.74) is 2.63. The van der Waals surface area contributed by atoms with Crippen molar-refractivity contribution in [3.63, 3.8) is 0 Å². The largest absolute Gasteiger partial charge is 0.507 e. The van der Waals surface area contributed by atoms with Crippen LogP contribution < -0.4 is 14.4 Å². The van der Waals surface area contributed by atoms with E-state index in [0.29, 0.717) is 34.7 Å². The molecule has 0 bridgehead atoms.